The maximum absolute atomic E-state index is 6.09. The standard InChI is InChI=1S/C14H14ClN5/c1-9-7-10(2)20-14(17-9)18-13(19-20)8-16-12-6-4-3-5-11(12)15/h3-7,16H,8H2,1-2H3. The smallest absolute Gasteiger partial charge is 0.252 e. The SMILES string of the molecule is Cc1cc(C)n2nc(CNc3ccccc3Cl)nc2n1. The highest BCUT2D eigenvalue weighted by atomic mass is 35.5. The second-order valence-corrected chi connectivity index (χ2v) is 5.02. The molecule has 0 spiro atoms. The fraction of sp³-hybridized carbons (Fsp3) is 0.214. The number of nitrogens with one attached hydrogen (secondary N) is 1. The third-order valence-electron chi connectivity index (χ3n) is 2.97. The van der Waals surface area contributed by atoms with Gasteiger partial charge in [0.05, 0.1) is 17.3 Å². The summed E-state index contributed by atoms with van der Waals surface area (Å²) < 4.78 is 1.75. The molecular weight excluding hydrogens is 274 g/mol. The number of nitrogens with zero attached hydrogens (tertiary/aromatic N) is 4. The molecule has 1 aromatic carbocycles. The van der Waals surface area contributed by atoms with Gasteiger partial charge >= 0.3 is 0 Å². The summed E-state index contributed by atoms with van der Waals surface area (Å²) in [5, 5.41) is 8.34. The molecule has 3 aromatic rings. The number of anilines is 1. The van der Waals surface area contributed by atoms with Crippen molar-refractivity contribution in [3.05, 3.63) is 52.6 Å². The van der Waals surface area contributed by atoms with E-state index >= 15 is 0 Å². The van der Waals surface area contributed by atoms with E-state index in [1.165, 1.54) is 0 Å². The van der Waals surface area contributed by atoms with Crippen molar-refractivity contribution in [2.75, 3.05) is 5.32 Å². The van der Waals surface area contributed by atoms with Crippen LogP contribution in [-0.4, -0.2) is 19.6 Å². The van der Waals surface area contributed by atoms with Gasteiger partial charge in [0.15, 0.2) is 5.82 Å². The van der Waals surface area contributed by atoms with Crippen molar-refractivity contribution in [3.63, 3.8) is 0 Å². The minimum absolute atomic E-state index is 0.506. The monoisotopic (exact) mass is 287 g/mol. The first kappa shape index (κ1) is 12.9. The number of fused-ring (bicyclic) bond motifs is 1. The molecule has 0 unspecified atom stereocenters. The molecule has 0 aliphatic rings. The largest absolute Gasteiger partial charge is 0.376 e. The lowest BCUT2D eigenvalue weighted by Gasteiger charge is -2.04. The second kappa shape index (κ2) is 5.09. The van der Waals surface area contributed by atoms with Crippen molar-refractivity contribution in [1.82, 2.24) is 19.6 Å². The molecule has 0 amide bonds. The van der Waals surface area contributed by atoms with Gasteiger partial charge in [0.2, 0.25) is 0 Å². The molecule has 2 heterocycles. The zero-order valence-corrected chi connectivity index (χ0v) is 12.0. The Bertz CT molecular complexity index is 765. The molecule has 102 valence electrons. The lowest BCUT2D eigenvalue weighted by atomic mass is 10.3. The van der Waals surface area contributed by atoms with E-state index in [0.29, 0.717) is 23.2 Å². The predicted octanol–water partition coefficient (Wildman–Crippen LogP) is 3.01. The first-order valence-corrected chi connectivity index (χ1v) is 6.69. The molecule has 0 saturated carbocycles. The Morgan fingerprint density at radius 1 is 1.20 bits per heavy atom. The lowest BCUT2D eigenvalue weighted by Crippen LogP contribution is -2.02. The number of para-hydroxylation sites is 1. The van der Waals surface area contributed by atoms with Crippen LogP contribution in [0, 0.1) is 13.8 Å². The Balaban J connectivity index is 1.85. The van der Waals surface area contributed by atoms with Crippen molar-refractivity contribution in [1.29, 1.82) is 0 Å². The summed E-state index contributed by atoms with van der Waals surface area (Å²) in [5.74, 6) is 1.31. The van der Waals surface area contributed by atoms with Crippen LogP contribution in [0.4, 0.5) is 5.69 Å². The van der Waals surface area contributed by atoms with Gasteiger partial charge < -0.3 is 5.32 Å². The van der Waals surface area contributed by atoms with Crippen LogP contribution in [0.2, 0.25) is 5.02 Å². The van der Waals surface area contributed by atoms with Gasteiger partial charge in [0.1, 0.15) is 0 Å². The molecule has 0 radical (unpaired) electrons. The molecule has 3 rings (SSSR count). The molecule has 0 saturated heterocycles. The number of hydrogen-bond acceptors (Lipinski definition) is 4. The molecule has 2 aromatic heterocycles. The van der Waals surface area contributed by atoms with Gasteiger partial charge in [0, 0.05) is 11.4 Å². The van der Waals surface area contributed by atoms with Crippen LogP contribution < -0.4 is 5.32 Å². The predicted molar refractivity (Wildman–Crippen MR) is 79.0 cm³/mol. The van der Waals surface area contributed by atoms with Crippen LogP contribution in [-0.2, 0) is 6.54 Å². The maximum Gasteiger partial charge on any atom is 0.252 e. The fourth-order valence-corrected chi connectivity index (χ4v) is 2.26. The molecule has 6 heteroatoms. The number of aryl methyl sites for hydroxylation is 2. The summed E-state index contributed by atoms with van der Waals surface area (Å²) in [5.41, 5.74) is 2.82. The zero-order valence-electron chi connectivity index (χ0n) is 11.3. The van der Waals surface area contributed by atoms with E-state index in [1.807, 2.05) is 44.2 Å². The van der Waals surface area contributed by atoms with Gasteiger partial charge in [-0.15, -0.1) is 5.10 Å². The van der Waals surface area contributed by atoms with Crippen LogP contribution >= 0.6 is 11.6 Å². The molecule has 0 aliphatic carbocycles. The maximum atomic E-state index is 6.09. The third-order valence-corrected chi connectivity index (χ3v) is 3.30. The van der Waals surface area contributed by atoms with Crippen molar-refractivity contribution in [3.8, 4) is 0 Å². The molecule has 5 nitrogen and oxygen atoms in total. The van der Waals surface area contributed by atoms with Gasteiger partial charge in [-0.3, -0.25) is 0 Å². The molecular formula is C14H14ClN5. The lowest BCUT2D eigenvalue weighted by molar-refractivity contribution is 0.850. The Morgan fingerprint density at radius 2 is 2.00 bits per heavy atom. The van der Waals surface area contributed by atoms with Crippen molar-refractivity contribution >= 4 is 23.1 Å². The van der Waals surface area contributed by atoms with Crippen LogP contribution in [0.15, 0.2) is 30.3 Å². The average molecular weight is 288 g/mol. The molecule has 0 bridgehead atoms. The number of aromatic nitrogens is 4. The molecule has 0 atom stereocenters. The van der Waals surface area contributed by atoms with E-state index in [1.54, 1.807) is 4.52 Å². The quantitative estimate of drug-likeness (QED) is 0.804. The average Bonchev–Trinajstić information content (AvgIpc) is 2.81. The first-order chi connectivity index (χ1) is 9.63. The third kappa shape index (κ3) is 2.44. The van der Waals surface area contributed by atoms with E-state index in [9.17, 15) is 0 Å². The molecule has 0 aliphatic heterocycles. The Morgan fingerprint density at radius 3 is 2.80 bits per heavy atom. The Labute approximate surface area is 121 Å². The summed E-state index contributed by atoms with van der Waals surface area (Å²) in [7, 11) is 0. The van der Waals surface area contributed by atoms with Gasteiger partial charge in [-0.1, -0.05) is 23.7 Å². The normalized spacial score (nSPS) is 10.9. The minimum Gasteiger partial charge on any atom is -0.376 e. The summed E-state index contributed by atoms with van der Waals surface area (Å²) in [6.07, 6.45) is 0. The van der Waals surface area contributed by atoms with E-state index in [-0.39, 0.29) is 0 Å². The topological polar surface area (TPSA) is 55.1 Å². The first-order valence-electron chi connectivity index (χ1n) is 6.32. The number of hydrogen-bond donors (Lipinski definition) is 1. The second-order valence-electron chi connectivity index (χ2n) is 4.61. The van der Waals surface area contributed by atoms with Gasteiger partial charge in [0.25, 0.3) is 5.78 Å². The van der Waals surface area contributed by atoms with Crippen LogP contribution in [0.3, 0.4) is 0 Å². The van der Waals surface area contributed by atoms with E-state index in [0.717, 1.165) is 17.1 Å². The van der Waals surface area contributed by atoms with Crippen LogP contribution in [0.25, 0.3) is 5.78 Å². The highest BCUT2D eigenvalue weighted by Crippen LogP contribution is 2.20. The number of halogens is 1. The molecule has 0 fully saturated rings. The van der Waals surface area contributed by atoms with E-state index in [2.05, 4.69) is 20.4 Å². The van der Waals surface area contributed by atoms with Crippen molar-refractivity contribution in [2.24, 2.45) is 0 Å². The van der Waals surface area contributed by atoms with Gasteiger partial charge in [-0.2, -0.15) is 4.98 Å². The Hall–Kier alpha value is -2.14. The molecule has 20 heavy (non-hydrogen) atoms. The summed E-state index contributed by atoms with van der Waals surface area (Å²) >= 11 is 6.09. The summed E-state index contributed by atoms with van der Waals surface area (Å²) in [6, 6.07) is 9.57. The highest BCUT2D eigenvalue weighted by Gasteiger charge is 2.08. The van der Waals surface area contributed by atoms with E-state index < -0.39 is 0 Å². The van der Waals surface area contributed by atoms with Gasteiger partial charge in [-0.05, 0) is 32.0 Å². The van der Waals surface area contributed by atoms with Gasteiger partial charge in [-0.25, -0.2) is 9.50 Å². The number of rotatable bonds is 3. The summed E-state index contributed by atoms with van der Waals surface area (Å²) in [4.78, 5) is 8.78. The van der Waals surface area contributed by atoms with E-state index in [4.69, 9.17) is 11.6 Å². The zero-order chi connectivity index (χ0) is 14.1. The Kier molecular flexibility index (Phi) is 3.28. The number of benzene rings is 1. The van der Waals surface area contributed by atoms with Crippen LogP contribution in [0.1, 0.15) is 17.2 Å². The van der Waals surface area contributed by atoms with Crippen LogP contribution in [0.5, 0.6) is 0 Å². The minimum atomic E-state index is 0.506. The van der Waals surface area contributed by atoms with Crippen molar-refractivity contribution in [2.45, 2.75) is 20.4 Å². The summed E-state index contributed by atoms with van der Waals surface area (Å²) in [6.45, 7) is 4.44. The van der Waals surface area contributed by atoms with Crippen molar-refractivity contribution < 1.29 is 0 Å². The molecule has 1 N–H and O–H groups in total. The fourth-order valence-electron chi connectivity index (χ4n) is 2.06. The highest BCUT2D eigenvalue weighted by molar-refractivity contribution is 6.33.